The summed E-state index contributed by atoms with van der Waals surface area (Å²) in [6.07, 6.45) is 69.8. The van der Waals surface area contributed by atoms with Gasteiger partial charge in [-0.1, -0.05) is 221 Å². The van der Waals surface area contributed by atoms with Gasteiger partial charge in [-0.05, 0) is 96.3 Å². The molecule has 6 nitrogen and oxygen atoms in total. The van der Waals surface area contributed by atoms with Crippen LogP contribution in [0.25, 0.3) is 0 Å². The van der Waals surface area contributed by atoms with Crippen LogP contribution in [-0.4, -0.2) is 37.2 Å². The molecule has 65 heavy (non-hydrogen) atoms. The second-order valence-corrected chi connectivity index (χ2v) is 17.4. The van der Waals surface area contributed by atoms with Crippen molar-refractivity contribution in [2.24, 2.45) is 0 Å². The minimum Gasteiger partial charge on any atom is -0.462 e. The molecule has 1 unspecified atom stereocenters. The third-order valence-corrected chi connectivity index (χ3v) is 11.1. The second-order valence-electron chi connectivity index (χ2n) is 17.4. The van der Waals surface area contributed by atoms with Crippen molar-refractivity contribution in [1.29, 1.82) is 0 Å². The molecule has 6 heteroatoms. The molecule has 0 aromatic rings. The molecule has 0 amide bonds. The van der Waals surface area contributed by atoms with E-state index in [4.69, 9.17) is 14.2 Å². The Bertz CT molecular complexity index is 1310. The van der Waals surface area contributed by atoms with Crippen molar-refractivity contribution in [3.8, 4) is 0 Å². The molecule has 370 valence electrons. The number of unbranched alkanes of at least 4 members (excludes halogenated alkanes) is 20. The Hall–Kier alpha value is -3.67. The third-order valence-electron chi connectivity index (χ3n) is 11.1. The minimum absolute atomic E-state index is 0.0854. The molecule has 0 radical (unpaired) electrons. The molecular formula is C59H98O6. The topological polar surface area (TPSA) is 78.9 Å². The number of rotatable bonds is 47. The lowest BCUT2D eigenvalue weighted by Crippen LogP contribution is -2.30. The Balaban J connectivity index is 4.27. The normalized spacial score (nSPS) is 12.8. The van der Waals surface area contributed by atoms with Crippen molar-refractivity contribution in [1.82, 2.24) is 0 Å². The molecule has 0 fully saturated rings. The predicted molar refractivity (Wildman–Crippen MR) is 279 cm³/mol. The number of ether oxygens (including phenoxy) is 3. The lowest BCUT2D eigenvalue weighted by Gasteiger charge is -2.18. The summed E-state index contributed by atoms with van der Waals surface area (Å²) >= 11 is 0. The number of carbonyl (C=O) groups excluding carboxylic acids is 3. The number of hydrogen-bond acceptors (Lipinski definition) is 6. The van der Waals surface area contributed by atoms with E-state index in [1.165, 1.54) is 77.0 Å². The van der Waals surface area contributed by atoms with E-state index in [-0.39, 0.29) is 31.1 Å². The molecule has 0 rings (SSSR count). The van der Waals surface area contributed by atoms with Crippen LogP contribution in [0, 0.1) is 0 Å². The maximum atomic E-state index is 12.8. The van der Waals surface area contributed by atoms with Gasteiger partial charge in [-0.3, -0.25) is 14.4 Å². The van der Waals surface area contributed by atoms with E-state index >= 15 is 0 Å². The molecule has 0 aliphatic rings. The van der Waals surface area contributed by atoms with Gasteiger partial charge >= 0.3 is 17.9 Å². The zero-order chi connectivity index (χ0) is 47.2. The molecular weight excluding hydrogens is 805 g/mol. The fourth-order valence-electron chi connectivity index (χ4n) is 7.13. The first-order valence-electron chi connectivity index (χ1n) is 26.7. The van der Waals surface area contributed by atoms with Gasteiger partial charge in [0.2, 0.25) is 0 Å². The fourth-order valence-corrected chi connectivity index (χ4v) is 7.13. The van der Waals surface area contributed by atoms with Gasteiger partial charge in [0, 0.05) is 19.3 Å². The quantitative estimate of drug-likeness (QED) is 0.0262. The summed E-state index contributed by atoms with van der Waals surface area (Å²) in [7, 11) is 0. The largest absolute Gasteiger partial charge is 0.462 e. The Morgan fingerprint density at radius 1 is 0.323 bits per heavy atom. The molecule has 0 bridgehead atoms. The van der Waals surface area contributed by atoms with Crippen LogP contribution in [0.2, 0.25) is 0 Å². The average molecular weight is 903 g/mol. The first-order valence-corrected chi connectivity index (χ1v) is 26.7. The minimum atomic E-state index is -0.785. The molecule has 0 aromatic carbocycles. The molecule has 0 aliphatic heterocycles. The van der Waals surface area contributed by atoms with Crippen LogP contribution in [0.5, 0.6) is 0 Å². The lowest BCUT2D eigenvalue weighted by atomic mass is 10.1. The molecule has 0 saturated heterocycles. The lowest BCUT2D eigenvalue weighted by molar-refractivity contribution is -0.167. The smallest absolute Gasteiger partial charge is 0.306 e. The van der Waals surface area contributed by atoms with Crippen LogP contribution in [0.3, 0.4) is 0 Å². The third kappa shape index (κ3) is 51.2. The predicted octanol–water partition coefficient (Wildman–Crippen LogP) is 17.8. The van der Waals surface area contributed by atoms with Gasteiger partial charge in [-0.2, -0.15) is 0 Å². The van der Waals surface area contributed by atoms with Crippen LogP contribution in [0.4, 0.5) is 0 Å². The van der Waals surface area contributed by atoms with Crippen LogP contribution in [-0.2, 0) is 28.6 Å². The van der Waals surface area contributed by atoms with Crippen LogP contribution >= 0.6 is 0 Å². The number of allylic oxidation sites excluding steroid dienone is 16. The highest BCUT2D eigenvalue weighted by molar-refractivity contribution is 5.71. The first-order chi connectivity index (χ1) is 32.0. The molecule has 0 saturated carbocycles. The monoisotopic (exact) mass is 903 g/mol. The van der Waals surface area contributed by atoms with E-state index in [9.17, 15) is 14.4 Å². The summed E-state index contributed by atoms with van der Waals surface area (Å²) < 4.78 is 16.7. The number of esters is 3. The molecule has 0 spiro atoms. The van der Waals surface area contributed by atoms with Gasteiger partial charge in [-0.25, -0.2) is 0 Å². The summed E-state index contributed by atoms with van der Waals surface area (Å²) in [5.74, 6) is -0.915. The SMILES string of the molecule is CC/C=C\C/C=C\C/C=C\C/C=C\C/C=C\CCCCCCCCCC(=O)OCC(COC(=O)CCCCCCCCC)OC(=O)CCCCCCCCC/C=C\C/C=C\C/C=C\CC. The Morgan fingerprint density at radius 3 is 0.938 bits per heavy atom. The summed E-state index contributed by atoms with van der Waals surface area (Å²) in [5.41, 5.74) is 0. The highest BCUT2D eigenvalue weighted by Crippen LogP contribution is 2.14. The van der Waals surface area contributed by atoms with E-state index in [1.807, 2.05) is 0 Å². The maximum Gasteiger partial charge on any atom is 0.306 e. The summed E-state index contributed by atoms with van der Waals surface area (Å²) in [5, 5.41) is 0. The fraction of sp³-hybridized carbons (Fsp3) is 0.678. The Morgan fingerprint density at radius 2 is 0.600 bits per heavy atom. The summed E-state index contributed by atoms with van der Waals surface area (Å²) in [6, 6.07) is 0. The van der Waals surface area contributed by atoms with Gasteiger partial charge in [0.25, 0.3) is 0 Å². The van der Waals surface area contributed by atoms with Crippen molar-refractivity contribution in [2.75, 3.05) is 13.2 Å². The highest BCUT2D eigenvalue weighted by Gasteiger charge is 2.19. The van der Waals surface area contributed by atoms with Gasteiger partial charge < -0.3 is 14.2 Å². The number of hydrogen-bond donors (Lipinski definition) is 0. The van der Waals surface area contributed by atoms with E-state index in [2.05, 4.69) is 118 Å². The maximum absolute atomic E-state index is 12.8. The van der Waals surface area contributed by atoms with E-state index < -0.39 is 6.10 Å². The van der Waals surface area contributed by atoms with Gasteiger partial charge in [0.1, 0.15) is 13.2 Å². The van der Waals surface area contributed by atoms with Crippen LogP contribution < -0.4 is 0 Å². The van der Waals surface area contributed by atoms with Gasteiger partial charge in [0.15, 0.2) is 6.10 Å². The zero-order valence-corrected chi connectivity index (χ0v) is 42.2. The molecule has 0 aromatic heterocycles. The second kappa shape index (κ2) is 52.9. The van der Waals surface area contributed by atoms with Crippen molar-refractivity contribution in [2.45, 2.75) is 245 Å². The van der Waals surface area contributed by atoms with Crippen molar-refractivity contribution in [3.63, 3.8) is 0 Å². The Kier molecular flexibility index (Phi) is 50.0. The van der Waals surface area contributed by atoms with E-state index in [0.717, 1.165) is 122 Å². The number of carbonyl (C=O) groups is 3. The summed E-state index contributed by atoms with van der Waals surface area (Å²) in [4.78, 5) is 37.9. The summed E-state index contributed by atoms with van der Waals surface area (Å²) in [6.45, 7) is 6.35. The molecule has 0 heterocycles. The van der Waals surface area contributed by atoms with Gasteiger partial charge in [-0.15, -0.1) is 0 Å². The van der Waals surface area contributed by atoms with E-state index in [1.54, 1.807) is 0 Å². The van der Waals surface area contributed by atoms with E-state index in [0.29, 0.717) is 19.3 Å². The zero-order valence-electron chi connectivity index (χ0n) is 42.2. The van der Waals surface area contributed by atoms with Crippen molar-refractivity contribution >= 4 is 17.9 Å². The van der Waals surface area contributed by atoms with Crippen molar-refractivity contribution in [3.05, 3.63) is 97.2 Å². The molecule has 0 N–H and O–H groups in total. The van der Waals surface area contributed by atoms with Crippen LogP contribution in [0.1, 0.15) is 239 Å². The first kappa shape index (κ1) is 61.3. The van der Waals surface area contributed by atoms with Crippen LogP contribution in [0.15, 0.2) is 97.2 Å². The van der Waals surface area contributed by atoms with Crippen molar-refractivity contribution < 1.29 is 28.6 Å². The Labute approximate surface area is 400 Å². The molecule has 1 atom stereocenters. The molecule has 0 aliphatic carbocycles. The van der Waals surface area contributed by atoms with Gasteiger partial charge in [0.05, 0.1) is 0 Å². The average Bonchev–Trinajstić information content (AvgIpc) is 3.30. The standard InChI is InChI=1S/C59H98O6/c1-4-7-10-13-16-18-20-22-24-26-27-28-29-30-31-33-34-36-38-40-43-46-49-52-58(61)64-55-56(54-63-57(60)51-48-45-42-15-12-9-6-3)65-59(62)53-50-47-44-41-39-37-35-32-25-23-21-19-17-14-11-8-5-2/h7-8,10-11,16-19,22-25,27-28,30-31,56H,4-6,9,12-15,20-21,26,29,32-55H2,1-3H3/b10-7-,11-8-,18-16-,19-17-,24-22-,25-23-,28-27-,31-30-. The highest BCUT2D eigenvalue weighted by atomic mass is 16.6.